The summed E-state index contributed by atoms with van der Waals surface area (Å²) in [6, 6.07) is 3.93. The van der Waals surface area contributed by atoms with E-state index in [2.05, 4.69) is 21.0 Å². The highest BCUT2D eigenvalue weighted by atomic mass is 79.9. The van der Waals surface area contributed by atoms with Gasteiger partial charge in [0.15, 0.2) is 5.78 Å². The Hall–Kier alpha value is -1.56. The normalized spacial score (nSPS) is 10.7. The van der Waals surface area contributed by atoms with Crippen molar-refractivity contribution >= 4 is 21.7 Å². The largest absolute Gasteiger partial charge is 0.294 e. The highest BCUT2D eigenvalue weighted by molar-refractivity contribution is 9.10. The van der Waals surface area contributed by atoms with Crippen LogP contribution < -0.4 is 0 Å². The quantitative estimate of drug-likeness (QED) is 0.807. The first kappa shape index (κ1) is 13.9. The second-order valence-electron chi connectivity index (χ2n) is 4.11. The molecule has 3 nitrogen and oxygen atoms in total. The van der Waals surface area contributed by atoms with Gasteiger partial charge in [-0.25, -0.2) is 8.78 Å². The van der Waals surface area contributed by atoms with Gasteiger partial charge in [-0.3, -0.25) is 9.48 Å². The smallest absolute Gasteiger partial charge is 0.169 e. The topological polar surface area (TPSA) is 34.9 Å². The molecule has 19 heavy (non-hydrogen) atoms. The number of halogens is 3. The van der Waals surface area contributed by atoms with Gasteiger partial charge in [-0.1, -0.05) is 15.9 Å². The monoisotopic (exact) mass is 328 g/mol. The first-order chi connectivity index (χ1) is 8.99. The summed E-state index contributed by atoms with van der Waals surface area (Å²) in [6.45, 7) is 0. The lowest BCUT2D eigenvalue weighted by molar-refractivity contribution is 0.0974. The second kappa shape index (κ2) is 5.61. The first-order valence-electron chi connectivity index (χ1n) is 5.63. The van der Waals surface area contributed by atoms with E-state index in [-0.39, 0.29) is 10.9 Å². The summed E-state index contributed by atoms with van der Waals surface area (Å²) < 4.78 is 29.1. The Morgan fingerprint density at radius 3 is 2.53 bits per heavy atom. The molecule has 0 aliphatic heterocycles. The van der Waals surface area contributed by atoms with Crippen molar-refractivity contribution in [2.24, 2.45) is 7.05 Å². The van der Waals surface area contributed by atoms with Crippen molar-refractivity contribution < 1.29 is 13.6 Å². The first-order valence-corrected chi connectivity index (χ1v) is 6.43. The number of benzene rings is 1. The van der Waals surface area contributed by atoms with Crippen LogP contribution in [0, 0.1) is 11.6 Å². The van der Waals surface area contributed by atoms with Gasteiger partial charge in [-0.05, 0) is 24.6 Å². The average Bonchev–Trinajstić information content (AvgIpc) is 2.70. The van der Waals surface area contributed by atoms with E-state index in [0.717, 1.165) is 17.8 Å². The Morgan fingerprint density at radius 1 is 1.37 bits per heavy atom. The fourth-order valence-corrected chi connectivity index (χ4v) is 2.22. The number of hydrogen-bond acceptors (Lipinski definition) is 2. The molecule has 0 spiro atoms. The van der Waals surface area contributed by atoms with Crippen LogP contribution in [0.4, 0.5) is 8.78 Å². The molecule has 0 radical (unpaired) electrons. The van der Waals surface area contributed by atoms with E-state index >= 15 is 0 Å². The third-order valence-electron chi connectivity index (χ3n) is 2.82. The zero-order valence-electron chi connectivity index (χ0n) is 10.2. The minimum absolute atomic E-state index is 0.0367. The molecule has 1 aromatic heterocycles. The van der Waals surface area contributed by atoms with Crippen molar-refractivity contribution in [3.8, 4) is 0 Å². The SMILES string of the molecule is Cn1nccc1CCC(=O)c1c(F)cc(Br)cc1F. The van der Waals surface area contributed by atoms with E-state index < -0.39 is 23.0 Å². The number of rotatable bonds is 4. The van der Waals surface area contributed by atoms with Crippen LogP contribution in [0.5, 0.6) is 0 Å². The molecule has 0 aliphatic rings. The summed E-state index contributed by atoms with van der Waals surface area (Å²) in [5, 5.41) is 3.97. The molecule has 0 N–H and O–H groups in total. The van der Waals surface area contributed by atoms with Crippen LogP contribution in [0.25, 0.3) is 0 Å². The number of hydrogen-bond donors (Lipinski definition) is 0. The maximum Gasteiger partial charge on any atom is 0.169 e. The molecule has 0 bridgehead atoms. The molecule has 1 heterocycles. The van der Waals surface area contributed by atoms with Crippen LogP contribution in [0.2, 0.25) is 0 Å². The highest BCUT2D eigenvalue weighted by Crippen LogP contribution is 2.21. The number of carbonyl (C=O) groups excluding carboxylic acids is 1. The number of carbonyl (C=O) groups is 1. The fraction of sp³-hybridized carbons (Fsp3) is 0.231. The maximum absolute atomic E-state index is 13.6. The van der Waals surface area contributed by atoms with E-state index in [4.69, 9.17) is 0 Å². The van der Waals surface area contributed by atoms with E-state index in [1.807, 2.05) is 0 Å². The molecule has 0 unspecified atom stereocenters. The van der Waals surface area contributed by atoms with E-state index in [1.54, 1.807) is 24.0 Å². The van der Waals surface area contributed by atoms with Crippen molar-refractivity contribution in [3.05, 3.63) is 51.8 Å². The van der Waals surface area contributed by atoms with Crippen LogP contribution >= 0.6 is 15.9 Å². The lowest BCUT2D eigenvalue weighted by atomic mass is 10.0. The second-order valence-corrected chi connectivity index (χ2v) is 5.03. The molecular weight excluding hydrogens is 318 g/mol. The molecule has 0 saturated carbocycles. The van der Waals surface area contributed by atoms with E-state index in [1.165, 1.54) is 0 Å². The van der Waals surface area contributed by atoms with Crippen molar-refractivity contribution in [2.75, 3.05) is 0 Å². The molecule has 0 saturated heterocycles. The van der Waals surface area contributed by atoms with Gasteiger partial charge in [-0.15, -0.1) is 0 Å². The third-order valence-corrected chi connectivity index (χ3v) is 3.27. The van der Waals surface area contributed by atoms with Crippen LogP contribution in [0.15, 0.2) is 28.9 Å². The third kappa shape index (κ3) is 3.07. The Kier molecular flexibility index (Phi) is 4.09. The standard InChI is InChI=1S/C13H11BrF2N2O/c1-18-9(4-5-17-18)2-3-12(19)13-10(15)6-8(14)7-11(13)16/h4-7H,2-3H2,1H3. The minimum Gasteiger partial charge on any atom is -0.294 e. The molecule has 0 fully saturated rings. The highest BCUT2D eigenvalue weighted by Gasteiger charge is 2.18. The summed E-state index contributed by atoms with van der Waals surface area (Å²) in [4.78, 5) is 11.9. The van der Waals surface area contributed by atoms with Gasteiger partial charge >= 0.3 is 0 Å². The Morgan fingerprint density at radius 2 is 2.00 bits per heavy atom. The van der Waals surface area contributed by atoms with Gasteiger partial charge in [-0.2, -0.15) is 5.10 Å². The van der Waals surface area contributed by atoms with Gasteiger partial charge in [0.25, 0.3) is 0 Å². The number of aromatic nitrogens is 2. The van der Waals surface area contributed by atoms with Gasteiger partial charge in [0.2, 0.25) is 0 Å². The Labute approximate surface area is 117 Å². The van der Waals surface area contributed by atoms with Crippen molar-refractivity contribution in [1.29, 1.82) is 0 Å². The molecule has 2 aromatic rings. The summed E-state index contributed by atoms with van der Waals surface area (Å²) in [5.74, 6) is -2.24. The molecule has 6 heteroatoms. The fourth-order valence-electron chi connectivity index (χ4n) is 1.82. The Bertz CT molecular complexity index is 602. The lowest BCUT2D eigenvalue weighted by Gasteiger charge is -2.05. The van der Waals surface area contributed by atoms with Crippen LogP contribution in [0.3, 0.4) is 0 Å². The summed E-state index contributed by atoms with van der Waals surface area (Å²) in [6.07, 6.45) is 2.04. The van der Waals surface area contributed by atoms with Gasteiger partial charge in [0, 0.05) is 29.8 Å². The zero-order chi connectivity index (χ0) is 14.0. The van der Waals surface area contributed by atoms with Gasteiger partial charge in [0.05, 0.1) is 5.56 Å². The molecule has 0 atom stereocenters. The summed E-state index contributed by atoms with van der Waals surface area (Å²) in [5.41, 5.74) is 0.358. The zero-order valence-corrected chi connectivity index (χ0v) is 11.7. The lowest BCUT2D eigenvalue weighted by Crippen LogP contribution is -2.09. The molecule has 2 rings (SSSR count). The van der Waals surface area contributed by atoms with Gasteiger partial charge < -0.3 is 0 Å². The average molecular weight is 329 g/mol. The Balaban J connectivity index is 2.15. The van der Waals surface area contributed by atoms with Crippen LogP contribution in [-0.2, 0) is 13.5 Å². The van der Waals surface area contributed by atoms with E-state index in [0.29, 0.717) is 6.42 Å². The van der Waals surface area contributed by atoms with Crippen LogP contribution in [-0.4, -0.2) is 15.6 Å². The van der Waals surface area contributed by atoms with Crippen molar-refractivity contribution in [3.63, 3.8) is 0 Å². The predicted octanol–water partition coefficient (Wildman–Crippen LogP) is 3.28. The number of Topliss-reactive ketones (excluding diaryl/α,β-unsaturated/α-hetero) is 1. The van der Waals surface area contributed by atoms with Crippen molar-refractivity contribution in [2.45, 2.75) is 12.8 Å². The predicted molar refractivity (Wildman–Crippen MR) is 69.9 cm³/mol. The minimum atomic E-state index is -0.845. The maximum atomic E-state index is 13.6. The van der Waals surface area contributed by atoms with Gasteiger partial charge in [0.1, 0.15) is 11.6 Å². The number of aryl methyl sites for hydroxylation is 2. The molecule has 1 aromatic carbocycles. The molecular formula is C13H11BrF2N2O. The summed E-state index contributed by atoms with van der Waals surface area (Å²) in [7, 11) is 1.75. The number of ketones is 1. The summed E-state index contributed by atoms with van der Waals surface area (Å²) >= 11 is 2.97. The molecule has 0 amide bonds. The van der Waals surface area contributed by atoms with E-state index in [9.17, 15) is 13.6 Å². The molecule has 100 valence electrons. The molecule has 0 aliphatic carbocycles. The van der Waals surface area contributed by atoms with Crippen LogP contribution in [0.1, 0.15) is 22.5 Å². The van der Waals surface area contributed by atoms with Crippen molar-refractivity contribution in [1.82, 2.24) is 9.78 Å². The number of nitrogens with zero attached hydrogens (tertiary/aromatic N) is 2.